The van der Waals surface area contributed by atoms with Crippen LogP contribution in [0.2, 0.25) is 10.0 Å². The quantitative estimate of drug-likeness (QED) is 0.536. The lowest BCUT2D eigenvalue weighted by atomic mass is 10.0. The third-order valence-corrected chi connectivity index (χ3v) is 4.00. The average molecular weight is 319 g/mol. The number of rotatable bonds is 2. The summed E-state index contributed by atoms with van der Waals surface area (Å²) < 4.78 is 0. The van der Waals surface area contributed by atoms with Gasteiger partial charge in [0.1, 0.15) is 0 Å². The van der Waals surface area contributed by atoms with E-state index in [9.17, 15) is 4.79 Å². The third kappa shape index (κ3) is 2.39. The molecule has 1 aromatic heterocycles. The maximum absolute atomic E-state index is 12.7. The summed E-state index contributed by atoms with van der Waals surface area (Å²) in [6, 6.07) is 8.63. The van der Waals surface area contributed by atoms with Gasteiger partial charge in [0.05, 0.1) is 5.02 Å². The molecule has 106 valence electrons. The molecule has 0 amide bonds. The van der Waals surface area contributed by atoms with E-state index < -0.39 is 0 Å². The van der Waals surface area contributed by atoms with E-state index in [1.54, 1.807) is 30.5 Å². The normalized spacial score (nSPS) is 11.0. The van der Waals surface area contributed by atoms with E-state index in [0.717, 1.165) is 11.1 Å². The highest BCUT2D eigenvalue weighted by molar-refractivity contribution is 6.40. The number of fused-ring (bicyclic) bond motifs is 1. The van der Waals surface area contributed by atoms with E-state index in [-0.39, 0.29) is 5.78 Å². The number of aromatic amines is 1. The number of H-pyrrole nitrogens is 1. The summed E-state index contributed by atoms with van der Waals surface area (Å²) in [6.45, 7) is 1.90. The predicted octanol–water partition coefficient (Wildman–Crippen LogP) is 4.60. The first-order valence-electron chi connectivity index (χ1n) is 6.34. The van der Waals surface area contributed by atoms with Crippen molar-refractivity contribution < 1.29 is 4.79 Å². The maximum Gasteiger partial charge on any atom is 0.195 e. The van der Waals surface area contributed by atoms with Gasteiger partial charge in [-0.1, -0.05) is 35.3 Å². The van der Waals surface area contributed by atoms with Gasteiger partial charge < -0.3 is 10.7 Å². The Labute approximate surface area is 131 Å². The summed E-state index contributed by atoms with van der Waals surface area (Å²) in [5, 5.41) is 1.64. The molecule has 0 aliphatic heterocycles. The number of nitrogens with one attached hydrogen (secondary N) is 1. The number of nitrogens with two attached hydrogens (primary N) is 1. The highest BCUT2D eigenvalue weighted by atomic mass is 35.5. The van der Waals surface area contributed by atoms with E-state index in [1.165, 1.54) is 0 Å². The van der Waals surface area contributed by atoms with Crippen molar-refractivity contribution in [1.29, 1.82) is 0 Å². The SMILES string of the molecule is Cc1ccc(C(=O)c2c[nH]c3cc(Cl)cc(Cl)c23)cc1N. The van der Waals surface area contributed by atoms with Crippen LogP contribution in [0.5, 0.6) is 0 Å². The predicted molar refractivity (Wildman–Crippen MR) is 87.3 cm³/mol. The van der Waals surface area contributed by atoms with Gasteiger partial charge in [0.25, 0.3) is 0 Å². The molecule has 3 nitrogen and oxygen atoms in total. The first kappa shape index (κ1) is 14.0. The number of anilines is 1. The van der Waals surface area contributed by atoms with Crippen LogP contribution in [-0.2, 0) is 0 Å². The van der Waals surface area contributed by atoms with E-state index in [0.29, 0.717) is 32.2 Å². The van der Waals surface area contributed by atoms with Crippen LogP contribution in [0, 0.1) is 6.92 Å². The molecule has 5 heteroatoms. The zero-order valence-corrected chi connectivity index (χ0v) is 12.7. The molecule has 0 saturated heterocycles. The van der Waals surface area contributed by atoms with Crippen molar-refractivity contribution in [3.05, 3.63) is 63.3 Å². The maximum atomic E-state index is 12.7. The highest BCUT2D eigenvalue weighted by Crippen LogP contribution is 2.31. The van der Waals surface area contributed by atoms with Gasteiger partial charge >= 0.3 is 0 Å². The Balaban J connectivity index is 2.16. The lowest BCUT2D eigenvalue weighted by Crippen LogP contribution is -2.02. The molecule has 0 aliphatic rings. The minimum atomic E-state index is -0.128. The topological polar surface area (TPSA) is 58.9 Å². The highest BCUT2D eigenvalue weighted by Gasteiger charge is 2.17. The minimum Gasteiger partial charge on any atom is -0.398 e. The first-order chi connectivity index (χ1) is 9.97. The summed E-state index contributed by atoms with van der Waals surface area (Å²) in [7, 11) is 0. The van der Waals surface area contributed by atoms with Crippen LogP contribution in [0.15, 0.2) is 36.5 Å². The van der Waals surface area contributed by atoms with Crippen LogP contribution in [-0.4, -0.2) is 10.8 Å². The molecule has 0 atom stereocenters. The smallest absolute Gasteiger partial charge is 0.195 e. The van der Waals surface area contributed by atoms with Crippen LogP contribution in [0.25, 0.3) is 10.9 Å². The van der Waals surface area contributed by atoms with Crippen molar-refractivity contribution >= 4 is 45.6 Å². The van der Waals surface area contributed by atoms with Gasteiger partial charge in [0, 0.05) is 38.9 Å². The van der Waals surface area contributed by atoms with Crippen molar-refractivity contribution in [1.82, 2.24) is 4.98 Å². The molecule has 1 heterocycles. The number of hydrogen-bond donors (Lipinski definition) is 2. The largest absolute Gasteiger partial charge is 0.398 e. The van der Waals surface area contributed by atoms with Crippen LogP contribution in [0.3, 0.4) is 0 Å². The van der Waals surface area contributed by atoms with Crippen LogP contribution in [0.4, 0.5) is 5.69 Å². The fourth-order valence-corrected chi connectivity index (χ4v) is 2.89. The second kappa shape index (κ2) is 5.10. The van der Waals surface area contributed by atoms with Gasteiger partial charge in [-0.25, -0.2) is 0 Å². The number of carbonyl (C=O) groups excluding carboxylic acids is 1. The van der Waals surface area contributed by atoms with Gasteiger partial charge in [-0.05, 0) is 30.7 Å². The number of carbonyl (C=O) groups is 1. The Kier molecular flexibility index (Phi) is 3.40. The molecule has 21 heavy (non-hydrogen) atoms. The molecule has 0 spiro atoms. The van der Waals surface area contributed by atoms with Crippen molar-refractivity contribution in [2.75, 3.05) is 5.73 Å². The van der Waals surface area contributed by atoms with Crippen LogP contribution >= 0.6 is 23.2 Å². The number of nitrogen functional groups attached to an aromatic ring is 1. The molecule has 0 fully saturated rings. The molecule has 0 saturated carbocycles. The Morgan fingerprint density at radius 2 is 1.95 bits per heavy atom. The number of aryl methyl sites for hydroxylation is 1. The molecular formula is C16H12Cl2N2O. The zero-order valence-electron chi connectivity index (χ0n) is 11.2. The fraction of sp³-hybridized carbons (Fsp3) is 0.0625. The second-order valence-electron chi connectivity index (χ2n) is 4.91. The Morgan fingerprint density at radius 1 is 1.19 bits per heavy atom. The molecule has 2 aromatic carbocycles. The number of hydrogen-bond acceptors (Lipinski definition) is 2. The molecule has 0 bridgehead atoms. The Morgan fingerprint density at radius 3 is 2.67 bits per heavy atom. The lowest BCUT2D eigenvalue weighted by Gasteiger charge is -2.05. The van der Waals surface area contributed by atoms with Crippen molar-refractivity contribution in [3.8, 4) is 0 Å². The third-order valence-electron chi connectivity index (χ3n) is 3.48. The molecule has 3 rings (SSSR count). The summed E-state index contributed by atoms with van der Waals surface area (Å²) in [6.07, 6.45) is 1.64. The van der Waals surface area contributed by atoms with Gasteiger partial charge in [-0.15, -0.1) is 0 Å². The van der Waals surface area contributed by atoms with E-state index in [2.05, 4.69) is 4.98 Å². The number of ketones is 1. The van der Waals surface area contributed by atoms with Gasteiger partial charge in [0.15, 0.2) is 5.78 Å². The van der Waals surface area contributed by atoms with Crippen molar-refractivity contribution in [3.63, 3.8) is 0 Å². The molecule has 3 aromatic rings. The van der Waals surface area contributed by atoms with Gasteiger partial charge in [-0.2, -0.15) is 0 Å². The van der Waals surface area contributed by atoms with Crippen LogP contribution in [0.1, 0.15) is 21.5 Å². The van der Waals surface area contributed by atoms with Crippen molar-refractivity contribution in [2.24, 2.45) is 0 Å². The minimum absolute atomic E-state index is 0.128. The fourth-order valence-electron chi connectivity index (χ4n) is 2.30. The standard InChI is InChI=1S/C16H12Cl2N2O/c1-8-2-3-9(4-13(8)19)16(21)11-7-20-14-6-10(17)5-12(18)15(11)14/h2-7,20H,19H2,1H3. The van der Waals surface area contributed by atoms with Gasteiger partial charge in [-0.3, -0.25) is 4.79 Å². The number of aromatic nitrogens is 1. The number of halogens is 2. The van der Waals surface area contributed by atoms with E-state index in [1.807, 2.05) is 13.0 Å². The van der Waals surface area contributed by atoms with Crippen molar-refractivity contribution in [2.45, 2.75) is 6.92 Å². The Hall–Kier alpha value is -1.97. The Bertz CT molecular complexity index is 868. The molecular weight excluding hydrogens is 307 g/mol. The molecule has 0 radical (unpaired) electrons. The molecule has 3 N–H and O–H groups in total. The first-order valence-corrected chi connectivity index (χ1v) is 7.10. The monoisotopic (exact) mass is 318 g/mol. The zero-order chi connectivity index (χ0) is 15.1. The summed E-state index contributed by atoms with van der Waals surface area (Å²) in [5.74, 6) is -0.128. The molecule has 0 aliphatic carbocycles. The average Bonchev–Trinajstić information content (AvgIpc) is 2.85. The molecule has 0 unspecified atom stereocenters. The number of benzene rings is 2. The summed E-state index contributed by atoms with van der Waals surface area (Å²) >= 11 is 12.2. The summed E-state index contributed by atoms with van der Waals surface area (Å²) in [4.78, 5) is 15.7. The summed E-state index contributed by atoms with van der Waals surface area (Å²) in [5.41, 5.74) is 9.18. The second-order valence-corrected chi connectivity index (χ2v) is 5.76. The van der Waals surface area contributed by atoms with E-state index >= 15 is 0 Å². The van der Waals surface area contributed by atoms with Crippen LogP contribution < -0.4 is 5.73 Å². The lowest BCUT2D eigenvalue weighted by molar-refractivity contribution is 0.104. The van der Waals surface area contributed by atoms with Gasteiger partial charge in [0.2, 0.25) is 0 Å². The van der Waals surface area contributed by atoms with E-state index in [4.69, 9.17) is 28.9 Å².